The highest BCUT2D eigenvalue weighted by atomic mass is 14.5. The molecule has 1 unspecified atom stereocenters. The van der Waals surface area contributed by atoms with E-state index in [-0.39, 0.29) is 5.41 Å². The van der Waals surface area contributed by atoms with E-state index in [1.807, 2.05) is 0 Å². The second-order valence-electron chi connectivity index (χ2n) is 9.02. The van der Waals surface area contributed by atoms with Gasteiger partial charge < -0.3 is 0 Å². The average Bonchev–Trinajstić information content (AvgIpc) is 3.11. The van der Waals surface area contributed by atoms with Gasteiger partial charge >= 0.3 is 0 Å². The largest absolute Gasteiger partial charge is 0.0713 e. The van der Waals surface area contributed by atoms with Gasteiger partial charge in [0.25, 0.3) is 0 Å². The van der Waals surface area contributed by atoms with Crippen molar-refractivity contribution in [1.82, 2.24) is 0 Å². The Labute approximate surface area is 186 Å². The van der Waals surface area contributed by atoms with E-state index >= 15 is 0 Å². The van der Waals surface area contributed by atoms with Crippen LogP contribution in [0.25, 0.3) is 11.1 Å². The van der Waals surface area contributed by atoms with Gasteiger partial charge in [-0.05, 0) is 58.2 Å². The van der Waals surface area contributed by atoms with Crippen molar-refractivity contribution in [2.45, 2.75) is 44.9 Å². The molecular weight excluding hydrogens is 372 g/mol. The molecule has 154 valence electrons. The minimum Gasteiger partial charge on any atom is -0.0654 e. The smallest absolute Gasteiger partial charge is 0.0654 e. The van der Waals surface area contributed by atoms with E-state index in [9.17, 15) is 0 Å². The third kappa shape index (κ3) is 3.05. The van der Waals surface area contributed by atoms with E-state index < -0.39 is 0 Å². The number of rotatable bonds is 5. The Balaban J connectivity index is 1.80. The van der Waals surface area contributed by atoms with Crippen LogP contribution in [0.5, 0.6) is 0 Å². The van der Waals surface area contributed by atoms with Crippen molar-refractivity contribution < 1.29 is 0 Å². The molecular formula is C31H30. The van der Waals surface area contributed by atoms with Crippen molar-refractivity contribution in [3.05, 3.63) is 130 Å². The summed E-state index contributed by atoms with van der Waals surface area (Å²) in [5, 5.41) is 0. The quantitative estimate of drug-likeness (QED) is 0.277. The maximum atomic E-state index is 2.38. The molecule has 0 aromatic heterocycles. The number of benzene rings is 4. The molecule has 0 fully saturated rings. The molecule has 0 heterocycles. The fourth-order valence-electron chi connectivity index (χ4n) is 5.49. The molecule has 0 nitrogen and oxygen atoms in total. The van der Waals surface area contributed by atoms with Gasteiger partial charge in [-0.3, -0.25) is 0 Å². The molecule has 4 aromatic carbocycles. The summed E-state index contributed by atoms with van der Waals surface area (Å²) < 4.78 is 0. The SMILES string of the molecule is CCCC(C)c1ccc(C2(c3ccc(C)cc3)c3ccccc3-c3ccccc32)cc1. The molecule has 0 heteroatoms. The van der Waals surface area contributed by atoms with E-state index in [1.165, 1.54) is 57.3 Å². The Morgan fingerprint density at radius 3 is 1.65 bits per heavy atom. The minimum absolute atomic E-state index is 0.284. The van der Waals surface area contributed by atoms with Gasteiger partial charge in [0.2, 0.25) is 0 Å². The van der Waals surface area contributed by atoms with E-state index in [4.69, 9.17) is 0 Å². The predicted molar refractivity (Wildman–Crippen MR) is 132 cm³/mol. The van der Waals surface area contributed by atoms with E-state index in [0.29, 0.717) is 5.92 Å². The molecule has 0 spiro atoms. The first-order chi connectivity index (χ1) is 15.2. The molecule has 1 aliphatic carbocycles. The zero-order valence-corrected chi connectivity index (χ0v) is 18.7. The van der Waals surface area contributed by atoms with Crippen molar-refractivity contribution in [3.8, 4) is 11.1 Å². The minimum atomic E-state index is -0.284. The molecule has 5 rings (SSSR count). The van der Waals surface area contributed by atoms with Crippen LogP contribution in [0.1, 0.15) is 66.0 Å². The predicted octanol–water partition coefficient (Wildman–Crippen LogP) is 8.26. The van der Waals surface area contributed by atoms with Gasteiger partial charge in [0.1, 0.15) is 0 Å². The van der Waals surface area contributed by atoms with E-state index in [1.54, 1.807) is 0 Å². The Hall–Kier alpha value is -3.12. The highest BCUT2D eigenvalue weighted by molar-refractivity contribution is 5.86. The van der Waals surface area contributed by atoms with Gasteiger partial charge in [-0.15, -0.1) is 0 Å². The molecule has 0 saturated carbocycles. The lowest BCUT2D eigenvalue weighted by atomic mass is 9.67. The third-order valence-corrected chi connectivity index (χ3v) is 7.07. The third-order valence-electron chi connectivity index (χ3n) is 7.07. The molecule has 0 radical (unpaired) electrons. The summed E-state index contributed by atoms with van der Waals surface area (Å²) >= 11 is 0. The van der Waals surface area contributed by atoms with Gasteiger partial charge in [-0.25, -0.2) is 0 Å². The summed E-state index contributed by atoms with van der Waals surface area (Å²) in [4.78, 5) is 0. The van der Waals surface area contributed by atoms with Crippen LogP contribution in [-0.4, -0.2) is 0 Å². The van der Waals surface area contributed by atoms with Gasteiger partial charge in [-0.1, -0.05) is 123 Å². The highest BCUT2D eigenvalue weighted by Crippen LogP contribution is 2.55. The first kappa shape index (κ1) is 19.8. The number of fused-ring (bicyclic) bond motifs is 3. The molecule has 31 heavy (non-hydrogen) atoms. The standard InChI is InChI=1S/C31H30/c1-4-9-23(3)24-16-20-26(21-17-24)31(25-18-14-22(2)15-19-25)29-12-7-5-10-27(29)28-11-6-8-13-30(28)31/h5-8,10-21,23H,4,9H2,1-3H3. The van der Waals surface area contributed by atoms with Crippen LogP contribution in [0.3, 0.4) is 0 Å². The topological polar surface area (TPSA) is 0 Å². The summed E-state index contributed by atoms with van der Waals surface area (Å²) in [6.07, 6.45) is 2.45. The lowest BCUT2D eigenvalue weighted by Gasteiger charge is -2.34. The molecule has 1 aliphatic rings. The Morgan fingerprint density at radius 2 is 1.13 bits per heavy atom. The summed E-state index contributed by atoms with van der Waals surface area (Å²) in [6.45, 7) is 6.77. The highest BCUT2D eigenvalue weighted by Gasteiger charge is 2.45. The molecule has 1 atom stereocenters. The van der Waals surface area contributed by atoms with Crippen molar-refractivity contribution >= 4 is 0 Å². The summed E-state index contributed by atoms with van der Waals surface area (Å²) in [7, 11) is 0. The van der Waals surface area contributed by atoms with Crippen LogP contribution in [-0.2, 0) is 5.41 Å². The second kappa shape index (κ2) is 7.85. The van der Waals surface area contributed by atoms with E-state index in [2.05, 4.69) is 118 Å². The van der Waals surface area contributed by atoms with Crippen molar-refractivity contribution in [2.75, 3.05) is 0 Å². The fraction of sp³-hybridized carbons (Fsp3) is 0.226. The molecule has 0 aliphatic heterocycles. The molecule has 4 aromatic rings. The van der Waals surface area contributed by atoms with Crippen LogP contribution < -0.4 is 0 Å². The van der Waals surface area contributed by atoms with Crippen LogP contribution in [0.15, 0.2) is 97.1 Å². The maximum Gasteiger partial charge on any atom is 0.0713 e. The summed E-state index contributed by atoms with van der Waals surface area (Å²) in [6, 6.07) is 36.5. The molecule has 0 N–H and O–H groups in total. The van der Waals surface area contributed by atoms with Gasteiger partial charge in [0, 0.05) is 0 Å². The van der Waals surface area contributed by atoms with E-state index in [0.717, 1.165) is 0 Å². The van der Waals surface area contributed by atoms with Crippen molar-refractivity contribution in [3.63, 3.8) is 0 Å². The Morgan fingerprint density at radius 1 is 0.645 bits per heavy atom. The molecule has 0 amide bonds. The monoisotopic (exact) mass is 402 g/mol. The van der Waals surface area contributed by atoms with Crippen molar-refractivity contribution in [2.24, 2.45) is 0 Å². The first-order valence-electron chi connectivity index (χ1n) is 11.5. The van der Waals surface area contributed by atoms with Crippen LogP contribution in [0, 0.1) is 6.92 Å². The molecule has 0 saturated heterocycles. The Bertz CT molecular complexity index is 1150. The number of aryl methyl sites for hydroxylation is 1. The van der Waals surface area contributed by atoms with Crippen molar-refractivity contribution in [1.29, 1.82) is 0 Å². The fourth-order valence-corrected chi connectivity index (χ4v) is 5.49. The summed E-state index contributed by atoms with van der Waals surface area (Å²) in [5.41, 5.74) is 10.6. The maximum absolute atomic E-state index is 2.38. The number of hydrogen-bond donors (Lipinski definition) is 0. The lowest BCUT2D eigenvalue weighted by molar-refractivity contribution is 0.663. The zero-order chi connectivity index (χ0) is 21.4. The van der Waals surface area contributed by atoms with Gasteiger partial charge in [-0.2, -0.15) is 0 Å². The normalized spacial score (nSPS) is 14.7. The van der Waals surface area contributed by atoms with Crippen LogP contribution in [0.4, 0.5) is 0 Å². The average molecular weight is 403 g/mol. The first-order valence-corrected chi connectivity index (χ1v) is 11.5. The van der Waals surface area contributed by atoms with Crippen LogP contribution >= 0.6 is 0 Å². The zero-order valence-electron chi connectivity index (χ0n) is 18.7. The molecule has 0 bridgehead atoms. The van der Waals surface area contributed by atoms with Crippen LogP contribution in [0.2, 0.25) is 0 Å². The Kier molecular flexibility index (Phi) is 5.02. The van der Waals surface area contributed by atoms with Gasteiger partial charge in [0.05, 0.1) is 5.41 Å². The van der Waals surface area contributed by atoms with Gasteiger partial charge in [0.15, 0.2) is 0 Å². The summed E-state index contributed by atoms with van der Waals surface area (Å²) in [5.74, 6) is 0.595. The lowest BCUT2D eigenvalue weighted by Crippen LogP contribution is -2.28. The second-order valence-corrected chi connectivity index (χ2v) is 9.02. The number of hydrogen-bond acceptors (Lipinski definition) is 0.